The summed E-state index contributed by atoms with van der Waals surface area (Å²) in [5.74, 6) is 0.835. The van der Waals surface area contributed by atoms with E-state index in [0.29, 0.717) is 16.6 Å². The van der Waals surface area contributed by atoms with E-state index in [0.717, 1.165) is 50.5 Å². The van der Waals surface area contributed by atoms with Gasteiger partial charge < -0.3 is 0 Å². The van der Waals surface area contributed by atoms with Crippen molar-refractivity contribution in [1.29, 1.82) is 0 Å². The van der Waals surface area contributed by atoms with Gasteiger partial charge in [-0.3, -0.25) is 9.80 Å². The van der Waals surface area contributed by atoms with Gasteiger partial charge in [-0.25, -0.2) is 4.68 Å². The van der Waals surface area contributed by atoms with Gasteiger partial charge in [0.1, 0.15) is 0 Å². The van der Waals surface area contributed by atoms with Crippen LogP contribution in [0.2, 0.25) is 10.0 Å². The molecule has 0 radical (unpaired) electrons. The average Bonchev–Trinajstić information content (AvgIpc) is 3.19. The number of hydrogen-bond donors (Lipinski definition) is 0. The van der Waals surface area contributed by atoms with E-state index in [1.54, 1.807) is 0 Å². The highest BCUT2D eigenvalue weighted by Gasteiger charge is 2.31. The van der Waals surface area contributed by atoms with Gasteiger partial charge in [0, 0.05) is 32.7 Å². The molecule has 0 bridgehead atoms. The van der Waals surface area contributed by atoms with Crippen LogP contribution >= 0.6 is 23.2 Å². The van der Waals surface area contributed by atoms with Crippen molar-refractivity contribution in [3.63, 3.8) is 0 Å². The predicted molar refractivity (Wildman–Crippen MR) is 151 cm³/mol. The molecule has 3 aromatic rings. The topological polar surface area (TPSA) is 50.1 Å². The van der Waals surface area contributed by atoms with Crippen molar-refractivity contribution in [3.8, 4) is 0 Å². The third-order valence-electron chi connectivity index (χ3n) is 6.71. The van der Waals surface area contributed by atoms with Crippen molar-refractivity contribution < 1.29 is 0 Å². The summed E-state index contributed by atoms with van der Waals surface area (Å²) in [6, 6.07) is 16.1. The zero-order valence-corrected chi connectivity index (χ0v) is 22.1. The number of rotatable bonds is 8. The minimum atomic E-state index is -0.0315. The number of benzene rings is 2. The summed E-state index contributed by atoms with van der Waals surface area (Å²) in [7, 11) is 0. The smallest absolute Gasteiger partial charge is 0.173 e. The molecule has 0 unspecified atom stereocenters. The number of halogens is 2. The van der Waals surface area contributed by atoms with Gasteiger partial charge in [0.25, 0.3) is 0 Å². The molecule has 1 saturated heterocycles. The van der Waals surface area contributed by atoms with E-state index in [2.05, 4.69) is 92.1 Å². The fourth-order valence-electron chi connectivity index (χ4n) is 4.76. The lowest BCUT2D eigenvalue weighted by Gasteiger charge is -2.39. The van der Waals surface area contributed by atoms with E-state index in [1.165, 1.54) is 11.1 Å². The second-order valence-corrected chi connectivity index (χ2v) is 10.0. The molecular formula is C29H30Cl2N6. The number of nitrogens with zero attached hydrogens (tertiary/aromatic N) is 6. The van der Waals surface area contributed by atoms with Crippen LogP contribution < -0.4 is 0 Å². The Balaban J connectivity index is 1.32. The van der Waals surface area contributed by atoms with Crippen molar-refractivity contribution >= 4 is 29.3 Å². The monoisotopic (exact) mass is 532 g/mol. The molecule has 2 heterocycles. The van der Waals surface area contributed by atoms with Crippen LogP contribution in [0.25, 0.3) is 6.08 Å². The Morgan fingerprint density at radius 3 is 2.59 bits per heavy atom. The molecule has 1 fully saturated rings. The first-order chi connectivity index (χ1) is 18.2. The average molecular weight is 534 g/mol. The van der Waals surface area contributed by atoms with Crippen molar-refractivity contribution in [2.45, 2.75) is 19.0 Å². The van der Waals surface area contributed by atoms with Crippen LogP contribution in [0.1, 0.15) is 29.4 Å². The molecule has 1 atom stereocenters. The SMILES string of the molecule is Clc1ccc(Cn2nnnc2[C@H](C2=CCC=CC=C2)N2CCN(C/C=C/c3ccccc3)CC2)cc1Cl. The highest BCUT2D eigenvalue weighted by atomic mass is 35.5. The second-order valence-electron chi connectivity index (χ2n) is 9.22. The standard InChI is InChI=1S/C29H30Cl2N6/c30-26-15-14-24(21-27(26)31)22-37-29(32-33-34-37)28(25-12-6-1-2-7-13-25)36-19-17-35(18-20-36)16-8-11-23-9-4-3-5-10-23/h1-6,8-15,21,28H,7,16-20,22H2/b11-8+/t28-/m0/s1. The van der Waals surface area contributed by atoms with Gasteiger partial charge in [0.2, 0.25) is 0 Å². The molecule has 8 heteroatoms. The third kappa shape index (κ3) is 6.65. The Morgan fingerprint density at radius 1 is 0.946 bits per heavy atom. The zero-order valence-electron chi connectivity index (χ0n) is 20.6. The van der Waals surface area contributed by atoms with E-state index in [4.69, 9.17) is 23.2 Å². The van der Waals surface area contributed by atoms with E-state index in [-0.39, 0.29) is 6.04 Å². The van der Waals surface area contributed by atoms with Crippen LogP contribution in [0.5, 0.6) is 0 Å². The molecule has 2 aromatic carbocycles. The molecule has 0 N–H and O–H groups in total. The lowest BCUT2D eigenvalue weighted by molar-refractivity contribution is 0.112. The van der Waals surface area contributed by atoms with Gasteiger partial charge >= 0.3 is 0 Å². The summed E-state index contributed by atoms with van der Waals surface area (Å²) in [5.41, 5.74) is 3.45. The zero-order chi connectivity index (χ0) is 25.5. The fourth-order valence-corrected chi connectivity index (χ4v) is 5.08. The molecule has 190 valence electrons. The van der Waals surface area contributed by atoms with Crippen molar-refractivity contribution in [1.82, 2.24) is 30.0 Å². The number of hydrogen-bond acceptors (Lipinski definition) is 5. The Kier molecular flexibility index (Phi) is 8.64. The highest BCUT2D eigenvalue weighted by molar-refractivity contribution is 6.42. The summed E-state index contributed by atoms with van der Waals surface area (Å²) in [6.07, 6.45) is 16.1. The van der Waals surface area contributed by atoms with Gasteiger partial charge in [0.05, 0.1) is 22.6 Å². The maximum atomic E-state index is 6.27. The molecule has 0 saturated carbocycles. The van der Waals surface area contributed by atoms with E-state index < -0.39 is 0 Å². The first kappa shape index (κ1) is 25.6. The van der Waals surface area contributed by atoms with Gasteiger partial charge in [-0.05, 0) is 45.7 Å². The molecular weight excluding hydrogens is 503 g/mol. The fraction of sp³-hybridized carbons (Fsp3) is 0.276. The normalized spacial score (nSPS) is 17.7. The van der Waals surface area contributed by atoms with Crippen LogP contribution in [0.3, 0.4) is 0 Å². The second kappa shape index (κ2) is 12.5. The van der Waals surface area contributed by atoms with Crippen LogP contribution in [0.15, 0.2) is 90.6 Å². The molecule has 1 aliphatic heterocycles. The number of allylic oxidation sites excluding steroid dienone is 4. The summed E-state index contributed by atoms with van der Waals surface area (Å²) < 4.78 is 1.88. The quantitative estimate of drug-likeness (QED) is 0.364. The van der Waals surface area contributed by atoms with Gasteiger partial charge in [-0.1, -0.05) is 102 Å². The molecule has 1 aromatic heterocycles. The Hall–Kier alpha value is -3.03. The summed E-state index contributed by atoms with van der Waals surface area (Å²) in [6.45, 7) is 5.30. The third-order valence-corrected chi connectivity index (χ3v) is 7.45. The molecule has 6 nitrogen and oxygen atoms in total. The van der Waals surface area contributed by atoms with E-state index in [9.17, 15) is 0 Å². The minimum absolute atomic E-state index is 0.0315. The van der Waals surface area contributed by atoms with Crippen LogP contribution in [-0.4, -0.2) is 62.7 Å². The van der Waals surface area contributed by atoms with Crippen LogP contribution in [0, 0.1) is 0 Å². The number of tetrazole rings is 1. The van der Waals surface area contributed by atoms with Crippen molar-refractivity contribution in [3.05, 3.63) is 118 Å². The van der Waals surface area contributed by atoms with Gasteiger partial charge in [-0.15, -0.1) is 5.10 Å². The molecule has 2 aliphatic rings. The summed E-state index contributed by atoms with van der Waals surface area (Å²) >= 11 is 12.4. The highest BCUT2D eigenvalue weighted by Crippen LogP contribution is 2.31. The Morgan fingerprint density at radius 2 is 1.78 bits per heavy atom. The first-order valence-corrected chi connectivity index (χ1v) is 13.3. The summed E-state index contributed by atoms with van der Waals surface area (Å²) in [5, 5.41) is 14.0. The number of aromatic nitrogens is 4. The molecule has 1 aliphatic carbocycles. The molecule has 5 rings (SSSR count). The Labute approximate surface area is 228 Å². The first-order valence-electron chi connectivity index (χ1n) is 12.6. The van der Waals surface area contributed by atoms with Crippen LogP contribution in [0.4, 0.5) is 0 Å². The lowest BCUT2D eigenvalue weighted by atomic mass is 10.0. The maximum Gasteiger partial charge on any atom is 0.173 e. The van der Waals surface area contributed by atoms with Crippen LogP contribution in [-0.2, 0) is 6.54 Å². The van der Waals surface area contributed by atoms with Crippen molar-refractivity contribution in [2.24, 2.45) is 0 Å². The van der Waals surface area contributed by atoms with E-state index in [1.807, 2.05) is 28.9 Å². The molecule has 0 spiro atoms. The Bertz CT molecular complexity index is 1300. The summed E-state index contributed by atoms with van der Waals surface area (Å²) in [4.78, 5) is 4.99. The maximum absolute atomic E-state index is 6.27. The van der Waals surface area contributed by atoms with Gasteiger partial charge in [0.15, 0.2) is 5.82 Å². The predicted octanol–water partition coefficient (Wildman–Crippen LogP) is 5.84. The van der Waals surface area contributed by atoms with Gasteiger partial charge in [-0.2, -0.15) is 0 Å². The van der Waals surface area contributed by atoms with E-state index >= 15 is 0 Å². The minimum Gasteiger partial charge on any atom is -0.297 e. The molecule has 37 heavy (non-hydrogen) atoms. The molecule has 0 amide bonds. The number of piperazine rings is 1. The largest absolute Gasteiger partial charge is 0.297 e. The lowest BCUT2D eigenvalue weighted by Crippen LogP contribution is -2.48. The van der Waals surface area contributed by atoms with Crippen molar-refractivity contribution in [2.75, 3.05) is 32.7 Å².